The van der Waals surface area contributed by atoms with Crippen LogP contribution in [0.25, 0.3) is 17.1 Å². The fourth-order valence-electron chi connectivity index (χ4n) is 3.15. The van der Waals surface area contributed by atoms with E-state index >= 15 is 0 Å². The molecule has 0 saturated carbocycles. The van der Waals surface area contributed by atoms with E-state index in [-0.39, 0.29) is 11.8 Å². The van der Waals surface area contributed by atoms with Crippen molar-refractivity contribution in [2.75, 3.05) is 7.11 Å². The SMILES string of the molecule is COc1ccccc1-c1nnc(SC(C)C(=O)NC(C)(C#N)C(C)C)n1-c1ccc(C)cc1. The maximum Gasteiger partial charge on any atom is 0.234 e. The molecule has 33 heavy (non-hydrogen) atoms. The molecular weight excluding hydrogens is 434 g/mol. The molecule has 0 aliphatic heterocycles. The van der Waals surface area contributed by atoms with Crippen LogP contribution >= 0.6 is 11.8 Å². The summed E-state index contributed by atoms with van der Waals surface area (Å²) in [5.41, 5.74) is 1.87. The monoisotopic (exact) mass is 463 g/mol. The van der Waals surface area contributed by atoms with Crippen molar-refractivity contribution in [3.8, 4) is 28.9 Å². The van der Waals surface area contributed by atoms with Gasteiger partial charge in [-0.05, 0) is 51.0 Å². The number of methoxy groups -OCH3 is 1. The molecule has 1 heterocycles. The number of hydrogen-bond acceptors (Lipinski definition) is 6. The lowest BCUT2D eigenvalue weighted by atomic mass is 9.90. The average molecular weight is 464 g/mol. The van der Waals surface area contributed by atoms with Crippen LogP contribution in [-0.4, -0.2) is 38.6 Å². The zero-order valence-corrected chi connectivity index (χ0v) is 20.6. The highest BCUT2D eigenvalue weighted by molar-refractivity contribution is 8.00. The quantitative estimate of drug-likeness (QED) is 0.483. The number of nitrogens with one attached hydrogen (secondary N) is 1. The number of benzene rings is 2. The van der Waals surface area contributed by atoms with Crippen LogP contribution in [0, 0.1) is 24.2 Å². The summed E-state index contributed by atoms with van der Waals surface area (Å²) in [4.78, 5) is 12.9. The molecule has 172 valence electrons. The van der Waals surface area contributed by atoms with Gasteiger partial charge in [-0.25, -0.2) is 0 Å². The number of rotatable bonds is 8. The Labute approximate surface area is 199 Å². The molecule has 3 rings (SSSR count). The third-order valence-electron chi connectivity index (χ3n) is 5.69. The number of aromatic nitrogens is 3. The topological polar surface area (TPSA) is 92.8 Å². The van der Waals surface area contributed by atoms with Crippen LogP contribution in [0.1, 0.15) is 33.3 Å². The number of carbonyl (C=O) groups excluding carboxylic acids is 1. The van der Waals surface area contributed by atoms with Gasteiger partial charge >= 0.3 is 0 Å². The van der Waals surface area contributed by atoms with Crippen molar-refractivity contribution < 1.29 is 9.53 Å². The summed E-state index contributed by atoms with van der Waals surface area (Å²) in [6.07, 6.45) is 0. The summed E-state index contributed by atoms with van der Waals surface area (Å²) in [7, 11) is 1.62. The first-order valence-corrected chi connectivity index (χ1v) is 11.6. The maximum atomic E-state index is 12.9. The first-order valence-electron chi connectivity index (χ1n) is 10.8. The van der Waals surface area contributed by atoms with Gasteiger partial charge in [-0.2, -0.15) is 5.26 Å². The molecule has 8 heteroatoms. The van der Waals surface area contributed by atoms with Crippen molar-refractivity contribution >= 4 is 17.7 Å². The predicted octanol–water partition coefficient (Wildman–Crippen LogP) is 4.79. The van der Waals surface area contributed by atoms with E-state index in [0.717, 1.165) is 16.8 Å². The summed E-state index contributed by atoms with van der Waals surface area (Å²) < 4.78 is 7.47. The minimum atomic E-state index is -0.945. The Kier molecular flexibility index (Phi) is 7.44. The minimum Gasteiger partial charge on any atom is -0.496 e. The average Bonchev–Trinajstić information content (AvgIpc) is 3.22. The molecule has 0 bridgehead atoms. The van der Waals surface area contributed by atoms with E-state index in [1.54, 1.807) is 21.0 Å². The van der Waals surface area contributed by atoms with Crippen molar-refractivity contribution in [2.24, 2.45) is 5.92 Å². The Bertz CT molecular complexity index is 1170. The Morgan fingerprint density at radius 2 is 1.82 bits per heavy atom. The van der Waals surface area contributed by atoms with Crippen LogP contribution in [-0.2, 0) is 4.79 Å². The lowest BCUT2D eigenvalue weighted by Crippen LogP contribution is -2.51. The highest BCUT2D eigenvalue weighted by atomic mass is 32.2. The van der Waals surface area contributed by atoms with Gasteiger partial charge in [0.05, 0.1) is 24.0 Å². The molecule has 7 nitrogen and oxygen atoms in total. The summed E-state index contributed by atoms with van der Waals surface area (Å²) in [6.45, 7) is 9.39. The largest absolute Gasteiger partial charge is 0.496 e. The number of hydrogen-bond donors (Lipinski definition) is 1. The summed E-state index contributed by atoms with van der Waals surface area (Å²) in [5.74, 6) is 1.05. The number of aryl methyl sites for hydroxylation is 1. The Morgan fingerprint density at radius 3 is 2.42 bits per heavy atom. The zero-order valence-electron chi connectivity index (χ0n) is 19.8. The van der Waals surface area contributed by atoms with Gasteiger partial charge in [0.2, 0.25) is 5.91 Å². The van der Waals surface area contributed by atoms with Gasteiger partial charge in [-0.15, -0.1) is 10.2 Å². The molecule has 0 fully saturated rings. The summed E-state index contributed by atoms with van der Waals surface area (Å²) >= 11 is 1.30. The molecule has 2 unspecified atom stereocenters. The Balaban J connectivity index is 2.01. The van der Waals surface area contributed by atoms with E-state index < -0.39 is 10.8 Å². The summed E-state index contributed by atoms with van der Waals surface area (Å²) in [6, 6.07) is 17.9. The Morgan fingerprint density at radius 1 is 1.15 bits per heavy atom. The smallest absolute Gasteiger partial charge is 0.234 e. The van der Waals surface area contributed by atoms with Crippen molar-refractivity contribution in [2.45, 2.75) is 50.6 Å². The van der Waals surface area contributed by atoms with E-state index in [2.05, 4.69) is 21.6 Å². The van der Waals surface area contributed by atoms with Crippen LogP contribution in [0.2, 0.25) is 0 Å². The number of ether oxygens (including phenoxy) is 1. The third kappa shape index (κ3) is 5.20. The number of carbonyl (C=O) groups is 1. The van der Waals surface area contributed by atoms with Crippen LogP contribution in [0.15, 0.2) is 53.7 Å². The van der Waals surface area contributed by atoms with Crippen molar-refractivity contribution in [1.82, 2.24) is 20.1 Å². The second kappa shape index (κ2) is 10.1. The van der Waals surface area contributed by atoms with Gasteiger partial charge in [0.15, 0.2) is 11.0 Å². The molecule has 0 radical (unpaired) electrons. The number of para-hydroxylation sites is 1. The lowest BCUT2D eigenvalue weighted by molar-refractivity contribution is -0.121. The van der Waals surface area contributed by atoms with Crippen molar-refractivity contribution in [3.05, 3.63) is 54.1 Å². The molecule has 2 aromatic carbocycles. The number of thioether (sulfide) groups is 1. The Hall–Kier alpha value is -3.31. The number of nitrogens with zero attached hydrogens (tertiary/aromatic N) is 4. The third-order valence-corrected chi connectivity index (χ3v) is 6.74. The molecule has 0 saturated heterocycles. The van der Waals surface area contributed by atoms with Gasteiger partial charge < -0.3 is 10.1 Å². The van der Waals surface area contributed by atoms with E-state index in [9.17, 15) is 10.1 Å². The molecule has 1 amide bonds. The van der Waals surface area contributed by atoms with Gasteiger partial charge in [0, 0.05) is 5.69 Å². The lowest BCUT2D eigenvalue weighted by Gasteiger charge is -2.28. The number of nitriles is 1. The number of amides is 1. The van der Waals surface area contributed by atoms with Gasteiger partial charge in [0.25, 0.3) is 0 Å². The molecule has 3 aromatic rings. The molecule has 1 N–H and O–H groups in total. The highest BCUT2D eigenvalue weighted by Crippen LogP contribution is 2.34. The zero-order chi connectivity index (χ0) is 24.2. The predicted molar refractivity (Wildman–Crippen MR) is 130 cm³/mol. The van der Waals surface area contributed by atoms with Crippen molar-refractivity contribution in [1.29, 1.82) is 5.26 Å². The molecular formula is C25H29N5O2S. The fourth-order valence-corrected chi connectivity index (χ4v) is 4.01. The van der Waals surface area contributed by atoms with Crippen LogP contribution < -0.4 is 10.1 Å². The standard InChI is InChI=1S/C25H29N5O2S/c1-16(2)25(5,15-26)27-23(31)18(4)33-24-29-28-22(20-9-7-8-10-21(20)32-6)30(24)19-13-11-17(3)12-14-19/h7-14,16,18H,1-6H3,(H,27,31). The van der Waals surface area contributed by atoms with E-state index in [4.69, 9.17) is 4.74 Å². The van der Waals surface area contributed by atoms with Gasteiger partial charge in [0.1, 0.15) is 11.3 Å². The van der Waals surface area contributed by atoms with Crippen molar-refractivity contribution in [3.63, 3.8) is 0 Å². The molecule has 0 aliphatic rings. The van der Waals surface area contributed by atoms with E-state index in [1.807, 2.05) is 73.9 Å². The molecule has 0 aliphatic carbocycles. The molecule has 2 atom stereocenters. The first kappa shape index (κ1) is 24.3. The first-order chi connectivity index (χ1) is 15.7. The summed E-state index contributed by atoms with van der Waals surface area (Å²) in [5, 5.41) is 21.4. The van der Waals surface area contributed by atoms with E-state index in [0.29, 0.717) is 16.7 Å². The maximum absolute atomic E-state index is 12.9. The second-order valence-corrected chi connectivity index (χ2v) is 9.70. The van der Waals surface area contributed by atoms with E-state index in [1.165, 1.54) is 11.8 Å². The van der Waals surface area contributed by atoms with Crippen LogP contribution in [0.4, 0.5) is 0 Å². The van der Waals surface area contributed by atoms with Crippen LogP contribution in [0.5, 0.6) is 5.75 Å². The minimum absolute atomic E-state index is 0.0305. The molecule has 1 aromatic heterocycles. The van der Waals surface area contributed by atoms with Gasteiger partial charge in [-0.1, -0.05) is 55.4 Å². The normalized spacial score (nSPS) is 13.8. The molecule has 0 spiro atoms. The van der Waals surface area contributed by atoms with Crippen LogP contribution in [0.3, 0.4) is 0 Å². The second-order valence-electron chi connectivity index (χ2n) is 8.40. The highest BCUT2D eigenvalue weighted by Gasteiger charge is 2.32. The fraction of sp³-hybridized carbons (Fsp3) is 0.360. The van der Waals surface area contributed by atoms with Gasteiger partial charge in [-0.3, -0.25) is 9.36 Å².